The average molecular weight is 512 g/mol. The van der Waals surface area contributed by atoms with E-state index in [0.717, 1.165) is 29.8 Å². The number of nitrogens with two attached hydrogens (primary N) is 1. The Bertz CT molecular complexity index is 1360. The highest BCUT2D eigenvalue weighted by Gasteiger charge is 2.39. The van der Waals surface area contributed by atoms with E-state index >= 15 is 0 Å². The van der Waals surface area contributed by atoms with Gasteiger partial charge in [-0.3, -0.25) is 4.79 Å². The topological polar surface area (TPSA) is 120 Å². The molecule has 0 bridgehead atoms. The first-order valence-electron chi connectivity index (χ1n) is 12.7. The van der Waals surface area contributed by atoms with Crippen molar-refractivity contribution in [1.82, 2.24) is 4.90 Å². The van der Waals surface area contributed by atoms with Crippen LogP contribution in [0.25, 0.3) is 11.1 Å². The third-order valence-electron chi connectivity index (χ3n) is 7.20. The van der Waals surface area contributed by atoms with Gasteiger partial charge < -0.3 is 26.0 Å². The van der Waals surface area contributed by atoms with E-state index in [0.29, 0.717) is 36.0 Å². The second-order valence-corrected chi connectivity index (χ2v) is 9.81. The van der Waals surface area contributed by atoms with E-state index < -0.39 is 17.4 Å². The summed E-state index contributed by atoms with van der Waals surface area (Å²) < 4.78 is 5.62. The molecule has 1 aliphatic heterocycles. The SMILES string of the molecule is COc1ccc(NC(=O)c2ccc(-c3ccccc3)cc2NC(N)=O)cc1C1(C#N)CCN(C(C)C)CC1. The average Bonchev–Trinajstić information content (AvgIpc) is 2.93. The summed E-state index contributed by atoms with van der Waals surface area (Å²) in [5.41, 5.74) is 8.32. The Morgan fingerprint density at radius 2 is 1.71 bits per heavy atom. The fraction of sp³-hybridized carbons (Fsp3) is 0.300. The minimum absolute atomic E-state index is 0.265. The van der Waals surface area contributed by atoms with Gasteiger partial charge in [-0.15, -0.1) is 0 Å². The molecule has 0 unspecified atom stereocenters. The van der Waals surface area contributed by atoms with Crippen molar-refractivity contribution in [2.75, 3.05) is 30.8 Å². The number of benzene rings is 3. The van der Waals surface area contributed by atoms with Crippen molar-refractivity contribution >= 4 is 23.3 Å². The number of hydrogen-bond acceptors (Lipinski definition) is 5. The normalized spacial score (nSPS) is 14.9. The molecule has 1 saturated heterocycles. The third-order valence-corrected chi connectivity index (χ3v) is 7.20. The molecule has 0 atom stereocenters. The van der Waals surface area contributed by atoms with Crippen LogP contribution >= 0.6 is 0 Å². The van der Waals surface area contributed by atoms with Crippen LogP contribution in [0.2, 0.25) is 0 Å². The number of piperidine rings is 1. The van der Waals surface area contributed by atoms with Gasteiger partial charge in [0, 0.05) is 30.4 Å². The maximum Gasteiger partial charge on any atom is 0.316 e. The Balaban J connectivity index is 1.64. The maximum atomic E-state index is 13.4. The van der Waals surface area contributed by atoms with E-state index in [4.69, 9.17) is 10.5 Å². The number of urea groups is 1. The van der Waals surface area contributed by atoms with Gasteiger partial charge in [0.25, 0.3) is 5.91 Å². The molecule has 4 N–H and O–H groups in total. The first-order chi connectivity index (χ1) is 18.3. The van der Waals surface area contributed by atoms with Gasteiger partial charge in [-0.25, -0.2) is 4.79 Å². The van der Waals surface area contributed by atoms with Crippen LogP contribution in [0.1, 0.15) is 42.6 Å². The number of anilines is 2. The summed E-state index contributed by atoms with van der Waals surface area (Å²) >= 11 is 0. The number of primary amides is 1. The molecule has 38 heavy (non-hydrogen) atoms. The number of methoxy groups -OCH3 is 1. The van der Waals surface area contributed by atoms with Gasteiger partial charge in [0.2, 0.25) is 0 Å². The fourth-order valence-electron chi connectivity index (χ4n) is 5.01. The molecule has 8 nitrogen and oxygen atoms in total. The molecule has 1 heterocycles. The summed E-state index contributed by atoms with van der Waals surface area (Å²) in [7, 11) is 1.58. The summed E-state index contributed by atoms with van der Waals surface area (Å²) in [6, 6.07) is 22.4. The van der Waals surface area contributed by atoms with E-state index in [1.54, 1.807) is 31.4 Å². The molecule has 3 aromatic carbocycles. The first-order valence-corrected chi connectivity index (χ1v) is 12.7. The quantitative estimate of drug-likeness (QED) is 0.394. The Labute approximate surface area is 223 Å². The van der Waals surface area contributed by atoms with Crippen LogP contribution in [-0.2, 0) is 5.41 Å². The molecule has 0 saturated carbocycles. The number of carbonyl (C=O) groups is 2. The highest BCUT2D eigenvalue weighted by molar-refractivity contribution is 6.10. The van der Waals surface area contributed by atoms with E-state index in [-0.39, 0.29) is 5.56 Å². The third kappa shape index (κ3) is 5.63. The van der Waals surface area contributed by atoms with Gasteiger partial charge in [-0.05, 0) is 68.1 Å². The van der Waals surface area contributed by atoms with Crippen LogP contribution in [-0.4, -0.2) is 43.1 Å². The van der Waals surface area contributed by atoms with E-state index in [1.165, 1.54) is 0 Å². The summed E-state index contributed by atoms with van der Waals surface area (Å²) in [5.74, 6) is 0.205. The number of amides is 3. The lowest BCUT2D eigenvalue weighted by atomic mass is 9.73. The Morgan fingerprint density at radius 1 is 1.00 bits per heavy atom. The van der Waals surface area contributed by atoms with Crippen LogP contribution in [0.4, 0.5) is 16.2 Å². The number of rotatable bonds is 7. The second kappa shape index (κ2) is 11.4. The number of nitrogens with zero attached hydrogens (tertiary/aromatic N) is 2. The summed E-state index contributed by atoms with van der Waals surface area (Å²) in [6.45, 7) is 5.93. The number of nitrogens with one attached hydrogen (secondary N) is 2. The lowest BCUT2D eigenvalue weighted by Crippen LogP contribution is -2.44. The monoisotopic (exact) mass is 511 g/mol. The second-order valence-electron chi connectivity index (χ2n) is 9.81. The first kappa shape index (κ1) is 26.7. The van der Waals surface area contributed by atoms with Gasteiger partial charge in [0.15, 0.2) is 0 Å². The zero-order valence-electron chi connectivity index (χ0n) is 22.0. The van der Waals surface area contributed by atoms with Crippen molar-refractivity contribution in [2.45, 2.75) is 38.1 Å². The standard InChI is InChI=1S/C30H33N5O3/c1-20(2)35-15-13-30(19-31,14-16-35)25-18-23(10-12-27(25)38-3)33-28(36)24-11-9-22(17-26(24)34-29(32)37)21-7-5-4-6-8-21/h4-12,17-18,20H,13-16H2,1-3H3,(H,33,36)(H3,32,34,37). The molecule has 0 spiro atoms. The number of nitriles is 1. The highest BCUT2D eigenvalue weighted by Crippen LogP contribution is 2.41. The van der Waals surface area contributed by atoms with Crippen molar-refractivity contribution in [3.8, 4) is 22.9 Å². The van der Waals surface area contributed by atoms with Crippen molar-refractivity contribution in [2.24, 2.45) is 5.73 Å². The molecule has 0 aromatic heterocycles. The van der Waals surface area contributed by atoms with Crippen molar-refractivity contribution < 1.29 is 14.3 Å². The van der Waals surface area contributed by atoms with Crippen molar-refractivity contribution in [3.63, 3.8) is 0 Å². The predicted octanol–water partition coefficient (Wildman–Crippen LogP) is 5.37. The Morgan fingerprint density at radius 3 is 2.32 bits per heavy atom. The molecule has 1 aliphatic rings. The maximum absolute atomic E-state index is 13.4. The minimum Gasteiger partial charge on any atom is -0.496 e. The van der Waals surface area contributed by atoms with Gasteiger partial charge in [0.05, 0.1) is 29.8 Å². The van der Waals surface area contributed by atoms with E-state index in [2.05, 4.69) is 35.5 Å². The Hall–Kier alpha value is -4.35. The molecular weight excluding hydrogens is 478 g/mol. The minimum atomic E-state index is -0.764. The predicted molar refractivity (Wildman–Crippen MR) is 149 cm³/mol. The summed E-state index contributed by atoms with van der Waals surface area (Å²) in [5, 5.41) is 15.8. The van der Waals surface area contributed by atoms with Crippen LogP contribution < -0.4 is 21.1 Å². The molecule has 8 heteroatoms. The van der Waals surface area contributed by atoms with Crippen LogP contribution in [0.3, 0.4) is 0 Å². The lowest BCUT2D eigenvalue weighted by molar-refractivity contribution is 0.102. The highest BCUT2D eigenvalue weighted by atomic mass is 16.5. The summed E-state index contributed by atoms with van der Waals surface area (Å²) in [6.07, 6.45) is 1.34. The van der Waals surface area contributed by atoms with Gasteiger partial charge in [0.1, 0.15) is 5.75 Å². The van der Waals surface area contributed by atoms with Crippen molar-refractivity contribution in [1.29, 1.82) is 5.26 Å². The van der Waals surface area contributed by atoms with Crippen LogP contribution in [0, 0.1) is 11.3 Å². The number of carbonyl (C=O) groups excluding carboxylic acids is 2. The lowest BCUT2D eigenvalue weighted by Gasteiger charge is -2.40. The van der Waals surface area contributed by atoms with Crippen molar-refractivity contribution in [3.05, 3.63) is 77.9 Å². The molecular formula is C30H33N5O3. The molecule has 196 valence electrons. The summed E-state index contributed by atoms with van der Waals surface area (Å²) in [4.78, 5) is 27.4. The zero-order valence-corrected chi connectivity index (χ0v) is 22.0. The number of hydrogen-bond donors (Lipinski definition) is 3. The van der Waals surface area contributed by atoms with Gasteiger partial charge in [-0.1, -0.05) is 36.4 Å². The molecule has 1 fully saturated rings. The molecule has 0 aliphatic carbocycles. The molecule has 4 rings (SSSR count). The van der Waals surface area contributed by atoms with E-state index in [9.17, 15) is 14.9 Å². The van der Waals surface area contributed by atoms with Crippen LogP contribution in [0.15, 0.2) is 66.7 Å². The molecule has 0 radical (unpaired) electrons. The zero-order chi connectivity index (χ0) is 27.3. The molecule has 3 aromatic rings. The van der Waals surface area contributed by atoms with E-state index in [1.807, 2.05) is 42.5 Å². The van der Waals surface area contributed by atoms with Gasteiger partial charge >= 0.3 is 6.03 Å². The number of likely N-dealkylation sites (tertiary alicyclic amines) is 1. The van der Waals surface area contributed by atoms with Gasteiger partial charge in [-0.2, -0.15) is 5.26 Å². The number of ether oxygens (including phenoxy) is 1. The molecule has 3 amide bonds. The smallest absolute Gasteiger partial charge is 0.316 e. The Kier molecular flexibility index (Phi) is 7.99. The van der Waals surface area contributed by atoms with Crippen LogP contribution in [0.5, 0.6) is 5.75 Å². The fourth-order valence-corrected chi connectivity index (χ4v) is 5.01. The largest absolute Gasteiger partial charge is 0.496 e.